The van der Waals surface area contributed by atoms with Gasteiger partial charge in [0.05, 0.1) is 17.4 Å². The van der Waals surface area contributed by atoms with E-state index in [4.69, 9.17) is 5.11 Å². The molecule has 1 aromatic carbocycles. The van der Waals surface area contributed by atoms with Crippen LogP contribution < -0.4 is 0 Å². The number of aromatic carboxylic acids is 1. The molecule has 0 aliphatic carbocycles. The van der Waals surface area contributed by atoms with Crippen LogP contribution in [-0.2, 0) is 29.0 Å². The molecule has 1 aromatic heterocycles. The second kappa shape index (κ2) is 10.4. The summed E-state index contributed by atoms with van der Waals surface area (Å²) in [6.07, 6.45) is -1.11. The number of aryl methyl sites for hydroxylation is 1. The number of sulfonamides is 1. The summed E-state index contributed by atoms with van der Waals surface area (Å²) < 4.78 is 64.8. The van der Waals surface area contributed by atoms with Crippen molar-refractivity contribution in [1.82, 2.24) is 4.31 Å². The van der Waals surface area contributed by atoms with Crippen LogP contribution in [0.25, 0.3) is 0 Å². The third-order valence-electron chi connectivity index (χ3n) is 5.33. The predicted molar refractivity (Wildman–Crippen MR) is 119 cm³/mol. The van der Waals surface area contributed by atoms with Gasteiger partial charge in [0, 0.05) is 23.9 Å². The predicted octanol–water partition coefficient (Wildman–Crippen LogP) is 3.96. The van der Waals surface area contributed by atoms with Crippen molar-refractivity contribution < 1.29 is 36.6 Å². The third-order valence-corrected chi connectivity index (χ3v) is 8.38. The van der Waals surface area contributed by atoms with Gasteiger partial charge in [-0.25, -0.2) is 13.2 Å². The average Bonchev–Trinajstić information content (AvgIpc) is 3.31. The van der Waals surface area contributed by atoms with E-state index in [0.29, 0.717) is 24.8 Å². The lowest BCUT2D eigenvalue weighted by Crippen LogP contribution is -2.33. The van der Waals surface area contributed by atoms with Gasteiger partial charge in [-0.15, -0.1) is 11.3 Å². The molecule has 33 heavy (non-hydrogen) atoms. The molecule has 1 unspecified atom stereocenters. The summed E-state index contributed by atoms with van der Waals surface area (Å²) in [5, 5.41) is 19.3. The number of rotatable bonds is 9. The highest BCUT2D eigenvalue weighted by Gasteiger charge is 2.35. The van der Waals surface area contributed by atoms with E-state index in [2.05, 4.69) is 0 Å². The van der Waals surface area contributed by atoms with Gasteiger partial charge >= 0.3 is 12.1 Å². The second-order valence-electron chi connectivity index (χ2n) is 7.81. The molecule has 2 N–H and O–H groups in total. The number of halogens is 3. The first kappa shape index (κ1) is 25.4. The normalized spacial score (nSPS) is 19.8. The Morgan fingerprint density at radius 2 is 2.03 bits per heavy atom. The molecule has 1 fully saturated rings. The number of hydrogen-bond donors (Lipinski definition) is 2. The number of hydrogen-bond acceptors (Lipinski definition) is 5. The summed E-state index contributed by atoms with van der Waals surface area (Å²) >= 11 is 1.16. The Labute approximate surface area is 194 Å². The van der Waals surface area contributed by atoms with E-state index in [1.807, 2.05) is 0 Å². The average molecular weight is 504 g/mol. The summed E-state index contributed by atoms with van der Waals surface area (Å²) in [4.78, 5) is 12.1. The number of nitrogens with zero attached hydrogens (tertiary/aromatic N) is 1. The standard InChI is InChI=1S/C22H24F3NO5S2/c23-22(24,25)16-4-1-3-15(13-16)14-18(27)7-6-17-10-12-33(30,31)26(17)11-2-5-19-8-9-20(32-19)21(28)29/h1,3-4,6-9,13,17-18,27H,2,5,10-12,14H2,(H,28,29)/t17-,18?/m0/s1. The summed E-state index contributed by atoms with van der Waals surface area (Å²) in [5.41, 5.74) is -0.458. The summed E-state index contributed by atoms with van der Waals surface area (Å²) in [7, 11) is -3.44. The highest BCUT2D eigenvalue weighted by atomic mass is 32.2. The number of aliphatic hydroxyl groups is 1. The van der Waals surface area contributed by atoms with E-state index < -0.39 is 39.9 Å². The van der Waals surface area contributed by atoms with Crippen LogP contribution in [0, 0.1) is 0 Å². The smallest absolute Gasteiger partial charge is 0.416 e. The molecule has 1 saturated heterocycles. The number of alkyl halides is 3. The van der Waals surface area contributed by atoms with Crippen LogP contribution in [0.15, 0.2) is 48.6 Å². The minimum Gasteiger partial charge on any atom is -0.477 e. The van der Waals surface area contributed by atoms with Crippen LogP contribution in [0.5, 0.6) is 0 Å². The molecule has 2 heterocycles. The fourth-order valence-electron chi connectivity index (χ4n) is 3.71. The lowest BCUT2D eigenvalue weighted by Gasteiger charge is -2.20. The maximum absolute atomic E-state index is 12.9. The third kappa shape index (κ3) is 6.89. The zero-order valence-electron chi connectivity index (χ0n) is 17.5. The van der Waals surface area contributed by atoms with Crippen LogP contribution in [0.1, 0.15) is 38.5 Å². The monoisotopic (exact) mass is 503 g/mol. The van der Waals surface area contributed by atoms with Gasteiger partial charge in [0.2, 0.25) is 10.0 Å². The number of carboxylic acids is 1. The molecule has 180 valence electrons. The van der Waals surface area contributed by atoms with Gasteiger partial charge in [0.1, 0.15) is 4.88 Å². The molecule has 0 spiro atoms. The molecule has 1 aliphatic rings. The lowest BCUT2D eigenvalue weighted by atomic mass is 10.0. The van der Waals surface area contributed by atoms with Crippen molar-refractivity contribution in [1.29, 1.82) is 0 Å². The lowest BCUT2D eigenvalue weighted by molar-refractivity contribution is -0.137. The Balaban J connectivity index is 1.58. The molecular formula is C22H24F3NO5S2. The highest BCUT2D eigenvalue weighted by Crippen LogP contribution is 2.30. The molecule has 3 rings (SSSR count). The van der Waals surface area contributed by atoms with Crippen LogP contribution >= 0.6 is 11.3 Å². The first-order chi connectivity index (χ1) is 15.5. The van der Waals surface area contributed by atoms with Crippen molar-refractivity contribution in [2.75, 3.05) is 12.3 Å². The van der Waals surface area contributed by atoms with E-state index in [1.165, 1.54) is 28.6 Å². The molecule has 1 aliphatic heterocycles. The van der Waals surface area contributed by atoms with Crippen molar-refractivity contribution >= 4 is 27.3 Å². The van der Waals surface area contributed by atoms with Crippen molar-refractivity contribution in [3.05, 3.63) is 69.4 Å². The van der Waals surface area contributed by atoms with Gasteiger partial charge < -0.3 is 10.2 Å². The maximum Gasteiger partial charge on any atom is 0.416 e. The zero-order chi connectivity index (χ0) is 24.2. The largest absolute Gasteiger partial charge is 0.477 e. The summed E-state index contributed by atoms with van der Waals surface area (Å²) in [5.74, 6) is -1.02. The Hall–Kier alpha value is -2.21. The minimum atomic E-state index is -4.46. The fraction of sp³-hybridized carbons (Fsp3) is 0.409. The highest BCUT2D eigenvalue weighted by molar-refractivity contribution is 7.89. The first-order valence-electron chi connectivity index (χ1n) is 10.3. The number of thiophene rings is 1. The summed E-state index contributed by atoms with van der Waals surface area (Å²) in [6.45, 7) is 0.251. The van der Waals surface area contributed by atoms with Crippen LogP contribution in [-0.4, -0.2) is 53.3 Å². The molecular weight excluding hydrogens is 479 g/mol. The quantitative estimate of drug-likeness (QED) is 0.505. The first-order valence-corrected chi connectivity index (χ1v) is 12.7. The molecule has 0 amide bonds. The fourth-order valence-corrected chi connectivity index (χ4v) is 6.37. The van der Waals surface area contributed by atoms with Gasteiger partial charge in [0.25, 0.3) is 0 Å². The number of carbonyl (C=O) groups is 1. The van der Waals surface area contributed by atoms with Crippen LogP contribution in [0.2, 0.25) is 0 Å². The van der Waals surface area contributed by atoms with Crippen LogP contribution in [0.3, 0.4) is 0 Å². The molecule has 0 bridgehead atoms. The van der Waals surface area contributed by atoms with Gasteiger partial charge in [-0.05, 0) is 43.0 Å². The molecule has 11 heteroatoms. The van der Waals surface area contributed by atoms with E-state index in [-0.39, 0.29) is 23.6 Å². The van der Waals surface area contributed by atoms with Gasteiger partial charge in [0.15, 0.2) is 0 Å². The van der Waals surface area contributed by atoms with E-state index in [1.54, 1.807) is 12.1 Å². The van der Waals surface area contributed by atoms with E-state index in [0.717, 1.165) is 28.3 Å². The Morgan fingerprint density at radius 1 is 1.27 bits per heavy atom. The Morgan fingerprint density at radius 3 is 2.70 bits per heavy atom. The SMILES string of the molecule is O=C(O)c1ccc(CCCN2[C@@H](C=CC(O)Cc3cccc(C(F)(F)F)c3)CCS2(=O)=O)s1. The number of carboxylic acid groups (broad SMARTS) is 1. The summed E-state index contributed by atoms with van der Waals surface area (Å²) in [6, 6.07) is 7.53. The van der Waals surface area contributed by atoms with Crippen LogP contribution in [0.4, 0.5) is 13.2 Å². The zero-order valence-corrected chi connectivity index (χ0v) is 19.2. The van der Waals surface area contributed by atoms with Gasteiger partial charge in [-0.2, -0.15) is 17.5 Å². The van der Waals surface area contributed by atoms with Crippen molar-refractivity contribution in [2.24, 2.45) is 0 Å². The number of benzene rings is 1. The van der Waals surface area contributed by atoms with Crippen molar-refractivity contribution in [3.63, 3.8) is 0 Å². The molecule has 0 saturated carbocycles. The van der Waals surface area contributed by atoms with E-state index in [9.17, 15) is 31.5 Å². The molecule has 0 radical (unpaired) electrons. The van der Waals surface area contributed by atoms with E-state index >= 15 is 0 Å². The number of aliphatic hydroxyl groups excluding tert-OH is 1. The maximum atomic E-state index is 12.9. The molecule has 2 atom stereocenters. The van der Waals surface area contributed by atoms with Crippen molar-refractivity contribution in [2.45, 2.75) is 44.0 Å². The Bertz CT molecular complexity index is 1110. The van der Waals surface area contributed by atoms with Gasteiger partial charge in [-0.3, -0.25) is 0 Å². The minimum absolute atomic E-state index is 0.0199. The second-order valence-corrected chi connectivity index (χ2v) is 11.0. The van der Waals surface area contributed by atoms with Crippen molar-refractivity contribution in [3.8, 4) is 0 Å². The molecule has 6 nitrogen and oxygen atoms in total. The van der Waals surface area contributed by atoms with Gasteiger partial charge in [-0.1, -0.05) is 30.4 Å². The molecule has 2 aromatic rings. The Kier molecular flexibility index (Phi) is 7.99. The topological polar surface area (TPSA) is 94.9 Å².